The molecule has 3 N–H and O–H groups in total. The average molecular weight is 353 g/mol. The molecule has 0 aliphatic carbocycles. The Morgan fingerprint density at radius 1 is 0.923 bits per heavy atom. The predicted molar refractivity (Wildman–Crippen MR) is 102 cm³/mol. The van der Waals surface area contributed by atoms with Crippen molar-refractivity contribution in [3.63, 3.8) is 0 Å². The Bertz CT molecular complexity index is 685. The Morgan fingerprint density at radius 2 is 1.46 bits per heavy atom. The fourth-order valence-corrected chi connectivity index (χ4v) is 3.34. The van der Waals surface area contributed by atoms with Gasteiger partial charge in [-0.05, 0) is 11.1 Å². The predicted octanol–water partition coefficient (Wildman–Crippen LogP) is 1.95. The molecular weight excluding hydrogens is 326 g/mol. The highest BCUT2D eigenvalue weighted by Crippen LogP contribution is 2.17. The summed E-state index contributed by atoms with van der Waals surface area (Å²) < 4.78 is 0. The van der Waals surface area contributed by atoms with Gasteiger partial charge in [0, 0.05) is 45.2 Å². The standard InChI is InChI=1S/C21H27N3O2/c22-19(17-7-3-1-4-8-17)15-21(26)24-13-11-23(12-14-24)16-20(25)18-9-5-2-6-10-18/h1-10,19-20,25H,11-16,22H2. The Balaban J connectivity index is 1.45. The van der Waals surface area contributed by atoms with E-state index < -0.39 is 6.10 Å². The molecule has 0 radical (unpaired) electrons. The maximum Gasteiger partial charge on any atom is 0.224 e. The van der Waals surface area contributed by atoms with Crippen molar-refractivity contribution in [2.45, 2.75) is 18.6 Å². The molecule has 138 valence electrons. The summed E-state index contributed by atoms with van der Waals surface area (Å²) in [6.45, 7) is 3.51. The summed E-state index contributed by atoms with van der Waals surface area (Å²) in [5.74, 6) is 0.101. The van der Waals surface area contributed by atoms with Crippen molar-refractivity contribution in [2.75, 3.05) is 32.7 Å². The molecule has 1 saturated heterocycles. The number of carbonyl (C=O) groups excluding carboxylic acids is 1. The van der Waals surface area contributed by atoms with Gasteiger partial charge in [0.15, 0.2) is 0 Å². The maximum absolute atomic E-state index is 12.5. The SMILES string of the molecule is NC(CC(=O)N1CCN(CC(O)c2ccccc2)CC1)c1ccccc1. The van der Waals surface area contributed by atoms with Crippen molar-refractivity contribution >= 4 is 5.91 Å². The van der Waals surface area contributed by atoms with Gasteiger partial charge in [0.2, 0.25) is 5.91 Å². The van der Waals surface area contributed by atoms with E-state index in [2.05, 4.69) is 4.90 Å². The molecule has 2 aromatic rings. The molecule has 0 saturated carbocycles. The zero-order chi connectivity index (χ0) is 18.4. The Hall–Kier alpha value is -2.21. The van der Waals surface area contributed by atoms with E-state index in [-0.39, 0.29) is 11.9 Å². The number of β-amino-alcohol motifs (C(OH)–C–C–N with tert-alkyl or cyclic N) is 1. The molecule has 0 spiro atoms. The second-order valence-electron chi connectivity index (χ2n) is 6.83. The van der Waals surface area contributed by atoms with E-state index >= 15 is 0 Å². The zero-order valence-corrected chi connectivity index (χ0v) is 15.0. The van der Waals surface area contributed by atoms with E-state index in [1.165, 1.54) is 0 Å². The van der Waals surface area contributed by atoms with Gasteiger partial charge in [0.05, 0.1) is 6.10 Å². The van der Waals surface area contributed by atoms with Gasteiger partial charge in [-0.3, -0.25) is 9.69 Å². The molecule has 1 fully saturated rings. The van der Waals surface area contributed by atoms with E-state index in [9.17, 15) is 9.90 Å². The summed E-state index contributed by atoms with van der Waals surface area (Å²) in [6.07, 6.45) is -0.165. The molecule has 5 nitrogen and oxygen atoms in total. The van der Waals surface area contributed by atoms with Crippen LogP contribution in [0.5, 0.6) is 0 Å². The number of piperazine rings is 1. The summed E-state index contributed by atoms with van der Waals surface area (Å²) in [4.78, 5) is 16.6. The number of rotatable bonds is 6. The van der Waals surface area contributed by atoms with Gasteiger partial charge in [-0.1, -0.05) is 60.7 Å². The quantitative estimate of drug-likeness (QED) is 0.833. The topological polar surface area (TPSA) is 69.8 Å². The van der Waals surface area contributed by atoms with Crippen molar-refractivity contribution in [3.8, 4) is 0 Å². The van der Waals surface area contributed by atoms with E-state index in [4.69, 9.17) is 5.73 Å². The third kappa shape index (κ3) is 4.91. The molecule has 26 heavy (non-hydrogen) atoms. The van der Waals surface area contributed by atoms with Crippen LogP contribution in [0.25, 0.3) is 0 Å². The van der Waals surface area contributed by atoms with Crippen molar-refractivity contribution in [1.82, 2.24) is 9.80 Å². The first-order valence-electron chi connectivity index (χ1n) is 9.17. The number of nitrogens with two attached hydrogens (primary N) is 1. The second kappa shape index (κ2) is 8.94. The van der Waals surface area contributed by atoms with Crippen LogP contribution in [0.15, 0.2) is 60.7 Å². The zero-order valence-electron chi connectivity index (χ0n) is 15.0. The number of nitrogens with zero attached hydrogens (tertiary/aromatic N) is 2. The van der Waals surface area contributed by atoms with Crippen LogP contribution in [0.4, 0.5) is 0 Å². The Morgan fingerprint density at radius 3 is 2.04 bits per heavy atom. The summed E-state index contributed by atoms with van der Waals surface area (Å²) in [7, 11) is 0. The van der Waals surface area contributed by atoms with Gasteiger partial charge in [0.25, 0.3) is 0 Å². The van der Waals surface area contributed by atoms with Gasteiger partial charge in [0.1, 0.15) is 0 Å². The number of hydrogen-bond donors (Lipinski definition) is 2. The van der Waals surface area contributed by atoms with Crippen LogP contribution >= 0.6 is 0 Å². The first kappa shape index (κ1) is 18.6. The van der Waals surface area contributed by atoms with Gasteiger partial charge in [-0.2, -0.15) is 0 Å². The van der Waals surface area contributed by atoms with E-state index in [1.807, 2.05) is 65.6 Å². The minimum absolute atomic E-state index is 0.101. The number of amides is 1. The fraction of sp³-hybridized carbons (Fsp3) is 0.381. The summed E-state index contributed by atoms with van der Waals surface area (Å²) in [5.41, 5.74) is 8.09. The van der Waals surface area contributed by atoms with Crippen LogP contribution in [-0.4, -0.2) is 53.5 Å². The smallest absolute Gasteiger partial charge is 0.224 e. The number of aliphatic hydroxyl groups excluding tert-OH is 1. The third-order valence-electron chi connectivity index (χ3n) is 4.96. The minimum Gasteiger partial charge on any atom is -0.387 e. The molecule has 1 amide bonds. The highest BCUT2D eigenvalue weighted by atomic mass is 16.3. The van der Waals surface area contributed by atoms with Crippen LogP contribution in [0.3, 0.4) is 0 Å². The molecular formula is C21H27N3O2. The first-order valence-corrected chi connectivity index (χ1v) is 9.17. The lowest BCUT2D eigenvalue weighted by molar-refractivity contribution is -0.133. The van der Waals surface area contributed by atoms with Gasteiger partial charge >= 0.3 is 0 Å². The van der Waals surface area contributed by atoms with Crippen LogP contribution in [-0.2, 0) is 4.79 Å². The third-order valence-corrected chi connectivity index (χ3v) is 4.96. The molecule has 2 atom stereocenters. The van der Waals surface area contributed by atoms with Gasteiger partial charge in [-0.15, -0.1) is 0 Å². The molecule has 1 heterocycles. The molecule has 3 rings (SSSR count). The second-order valence-corrected chi connectivity index (χ2v) is 6.83. The van der Waals surface area contributed by atoms with Gasteiger partial charge in [-0.25, -0.2) is 0 Å². The normalized spacial score (nSPS) is 17.7. The highest BCUT2D eigenvalue weighted by Gasteiger charge is 2.24. The molecule has 0 bridgehead atoms. The first-order chi connectivity index (χ1) is 12.6. The molecule has 1 aliphatic heterocycles. The van der Waals surface area contributed by atoms with E-state index in [0.29, 0.717) is 26.1 Å². The number of aliphatic hydroxyl groups is 1. The Labute approximate surface area is 155 Å². The van der Waals surface area contributed by atoms with E-state index in [1.54, 1.807) is 0 Å². The van der Waals surface area contributed by atoms with Crippen molar-refractivity contribution in [3.05, 3.63) is 71.8 Å². The van der Waals surface area contributed by atoms with E-state index in [0.717, 1.165) is 24.2 Å². The van der Waals surface area contributed by atoms with Gasteiger partial charge < -0.3 is 15.7 Å². The van der Waals surface area contributed by atoms with Crippen LogP contribution in [0.2, 0.25) is 0 Å². The van der Waals surface area contributed by atoms with Crippen LogP contribution in [0, 0.1) is 0 Å². The lowest BCUT2D eigenvalue weighted by atomic mass is 10.0. The largest absolute Gasteiger partial charge is 0.387 e. The number of benzene rings is 2. The maximum atomic E-state index is 12.5. The Kier molecular flexibility index (Phi) is 6.39. The lowest BCUT2D eigenvalue weighted by Gasteiger charge is -2.36. The van der Waals surface area contributed by atoms with Crippen molar-refractivity contribution in [1.29, 1.82) is 0 Å². The van der Waals surface area contributed by atoms with Crippen molar-refractivity contribution in [2.24, 2.45) is 5.73 Å². The molecule has 1 aliphatic rings. The number of hydrogen-bond acceptors (Lipinski definition) is 4. The lowest BCUT2D eigenvalue weighted by Crippen LogP contribution is -2.50. The molecule has 0 aromatic heterocycles. The summed E-state index contributed by atoms with van der Waals surface area (Å²) >= 11 is 0. The van der Waals surface area contributed by atoms with Crippen LogP contribution < -0.4 is 5.73 Å². The van der Waals surface area contributed by atoms with Crippen molar-refractivity contribution < 1.29 is 9.90 Å². The molecule has 2 unspecified atom stereocenters. The monoisotopic (exact) mass is 353 g/mol. The average Bonchev–Trinajstić information content (AvgIpc) is 2.69. The molecule has 2 aromatic carbocycles. The summed E-state index contributed by atoms with van der Waals surface area (Å²) in [6, 6.07) is 19.2. The molecule has 5 heteroatoms. The number of carbonyl (C=O) groups is 1. The fourth-order valence-electron chi connectivity index (χ4n) is 3.34. The van der Waals surface area contributed by atoms with Crippen LogP contribution in [0.1, 0.15) is 29.7 Å². The highest BCUT2D eigenvalue weighted by molar-refractivity contribution is 5.77. The summed E-state index contributed by atoms with van der Waals surface area (Å²) in [5, 5.41) is 10.4. The minimum atomic E-state index is -0.495.